The summed E-state index contributed by atoms with van der Waals surface area (Å²) in [5.41, 5.74) is 3.88. The van der Waals surface area contributed by atoms with Crippen LogP contribution in [0.2, 0.25) is 0 Å². The van der Waals surface area contributed by atoms with E-state index in [1.165, 1.54) is 16.7 Å². The first kappa shape index (κ1) is 12.8. The number of hydrogen-bond acceptors (Lipinski definition) is 1. The zero-order valence-corrected chi connectivity index (χ0v) is 10.7. The standard InChI is InChI=1S/C15H22O/c1-5-8-14-11-12(4)10-13(7-3)15(14)16-9-6-2/h5,10-11H,1,6-9H2,2-4H3. The second-order valence-electron chi connectivity index (χ2n) is 4.11. The maximum Gasteiger partial charge on any atom is 0.125 e. The summed E-state index contributed by atoms with van der Waals surface area (Å²) in [7, 11) is 0. The van der Waals surface area contributed by atoms with Gasteiger partial charge in [0.05, 0.1) is 6.61 Å². The molecule has 1 nitrogen and oxygen atoms in total. The van der Waals surface area contributed by atoms with Gasteiger partial charge in [-0.3, -0.25) is 0 Å². The Morgan fingerprint density at radius 1 is 1.25 bits per heavy atom. The second-order valence-corrected chi connectivity index (χ2v) is 4.11. The number of hydrogen-bond donors (Lipinski definition) is 0. The fraction of sp³-hybridized carbons (Fsp3) is 0.467. The number of benzene rings is 1. The van der Waals surface area contributed by atoms with E-state index in [-0.39, 0.29) is 0 Å². The molecule has 0 saturated carbocycles. The Bertz CT molecular complexity index is 353. The summed E-state index contributed by atoms with van der Waals surface area (Å²) in [4.78, 5) is 0. The van der Waals surface area contributed by atoms with Gasteiger partial charge < -0.3 is 4.74 Å². The van der Waals surface area contributed by atoms with Crippen LogP contribution in [-0.2, 0) is 12.8 Å². The zero-order valence-electron chi connectivity index (χ0n) is 10.7. The van der Waals surface area contributed by atoms with E-state index in [0.717, 1.165) is 31.6 Å². The van der Waals surface area contributed by atoms with Crippen molar-refractivity contribution in [3.05, 3.63) is 41.5 Å². The predicted molar refractivity (Wildman–Crippen MR) is 70.2 cm³/mol. The van der Waals surface area contributed by atoms with E-state index < -0.39 is 0 Å². The van der Waals surface area contributed by atoms with Gasteiger partial charge in [-0.25, -0.2) is 0 Å². The minimum absolute atomic E-state index is 0.792. The Morgan fingerprint density at radius 3 is 2.50 bits per heavy atom. The highest BCUT2D eigenvalue weighted by Crippen LogP contribution is 2.27. The average Bonchev–Trinajstić information content (AvgIpc) is 2.27. The Kier molecular flexibility index (Phi) is 5.10. The van der Waals surface area contributed by atoms with Crippen LogP contribution >= 0.6 is 0 Å². The normalized spacial score (nSPS) is 10.2. The zero-order chi connectivity index (χ0) is 12.0. The van der Waals surface area contributed by atoms with Crippen molar-refractivity contribution in [2.75, 3.05) is 6.61 Å². The SMILES string of the molecule is C=CCc1cc(C)cc(CC)c1OCCC. The van der Waals surface area contributed by atoms with Crippen LogP contribution in [-0.4, -0.2) is 6.61 Å². The van der Waals surface area contributed by atoms with Gasteiger partial charge in [0.25, 0.3) is 0 Å². The molecule has 0 atom stereocenters. The van der Waals surface area contributed by atoms with Crippen molar-refractivity contribution >= 4 is 0 Å². The molecule has 88 valence electrons. The molecule has 1 heteroatoms. The summed E-state index contributed by atoms with van der Waals surface area (Å²) >= 11 is 0. The molecule has 0 aromatic heterocycles. The maximum absolute atomic E-state index is 5.87. The molecule has 0 aliphatic rings. The van der Waals surface area contributed by atoms with Crippen molar-refractivity contribution in [3.8, 4) is 5.75 Å². The lowest BCUT2D eigenvalue weighted by Gasteiger charge is -2.15. The molecule has 16 heavy (non-hydrogen) atoms. The fourth-order valence-corrected chi connectivity index (χ4v) is 1.89. The molecular formula is C15H22O. The van der Waals surface area contributed by atoms with Gasteiger partial charge in [0.15, 0.2) is 0 Å². The lowest BCUT2D eigenvalue weighted by atomic mass is 10.0. The molecule has 0 bridgehead atoms. The van der Waals surface area contributed by atoms with Crippen molar-refractivity contribution in [2.24, 2.45) is 0 Å². The molecule has 0 spiro atoms. The van der Waals surface area contributed by atoms with Gasteiger partial charge >= 0.3 is 0 Å². The van der Waals surface area contributed by atoms with E-state index in [4.69, 9.17) is 4.74 Å². The van der Waals surface area contributed by atoms with E-state index in [1.54, 1.807) is 0 Å². The average molecular weight is 218 g/mol. The molecule has 0 heterocycles. The van der Waals surface area contributed by atoms with Crippen molar-refractivity contribution in [3.63, 3.8) is 0 Å². The van der Waals surface area contributed by atoms with Crippen LogP contribution in [0.5, 0.6) is 5.75 Å². The lowest BCUT2D eigenvalue weighted by molar-refractivity contribution is 0.311. The van der Waals surface area contributed by atoms with Crippen LogP contribution in [0.15, 0.2) is 24.8 Å². The highest BCUT2D eigenvalue weighted by Gasteiger charge is 2.08. The largest absolute Gasteiger partial charge is 0.493 e. The van der Waals surface area contributed by atoms with Gasteiger partial charge in [-0.15, -0.1) is 6.58 Å². The molecule has 1 rings (SSSR count). The molecule has 0 aliphatic heterocycles. The number of rotatable bonds is 6. The van der Waals surface area contributed by atoms with E-state index in [0.29, 0.717) is 0 Å². The molecule has 0 fully saturated rings. The van der Waals surface area contributed by atoms with E-state index in [9.17, 15) is 0 Å². The van der Waals surface area contributed by atoms with Crippen molar-refractivity contribution in [2.45, 2.75) is 40.0 Å². The van der Waals surface area contributed by atoms with Crippen molar-refractivity contribution in [1.82, 2.24) is 0 Å². The third-order valence-corrected chi connectivity index (χ3v) is 2.58. The van der Waals surface area contributed by atoms with E-state index in [2.05, 4.69) is 39.5 Å². The van der Waals surface area contributed by atoms with Crippen LogP contribution in [0.1, 0.15) is 37.0 Å². The summed E-state index contributed by atoms with van der Waals surface area (Å²) in [5.74, 6) is 1.08. The molecule has 1 aromatic carbocycles. The number of ether oxygens (including phenoxy) is 1. The number of allylic oxidation sites excluding steroid dienone is 1. The minimum Gasteiger partial charge on any atom is -0.493 e. The smallest absolute Gasteiger partial charge is 0.125 e. The van der Waals surface area contributed by atoms with Crippen LogP contribution in [0.3, 0.4) is 0 Å². The van der Waals surface area contributed by atoms with Gasteiger partial charge in [-0.1, -0.05) is 37.6 Å². The minimum atomic E-state index is 0.792. The Labute approximate surface area is 99.1 Å². The topological polar surface area (TPSA) is 9.23 Å². The summed E-state index contributed by atoms with van der Waals surface area (Å²) in [6, 6.07) is 4.42. The predicted octanol–water partition coefficient (Wildman–Crippen LogP) is 4.07. The second kappa shape index (κ2) is 6.37. The molecule has 0 unspecified atom stereocenters. The molecule has 1 aromatic rings. The van der Waals surface area contributed by atoms with Gasteiger partial charge in [0, 0.05) is 0 Å². The lowest BCUT2D eigenvalue weighted by Crippen LogP contribution is -2.02. The fourth-order valence-electron chi connectivity index (χ4n) is 1.89. The van der Waals surface area contributed by atoms with Crippen molar-refractivity contribution in [1.29, 1.82) is 0 Å². The first-order valence-electron chi connectivity index (χ1n) is 6.09. The van der Waals surface area contributed by atoms with Gasteiger partial charge in [0.1, 0.15) is 5.75 Å². The van der Waals surface area contributed by atoms with Gasteiger partial charge in [-0.2, -0.15) is 0 Å². The van der Waals surface area contributed by atoms with Gasteiger partial charge in [-0.05, 0) is 37.3 Å². The van der Waals surface area contributed by atoms with Crippen LogP contribution in [0.4, 0.5) is 0 Å². The highest BCUT2D eigenvalue weighted by atomic mass is 16.5. The summed E-state index contributed by atoms with van der Waals surface area (Å²) < 4.78 is 5.87. The first-order valence-corrected chi connectivity index (χ1v) is 6.09. The van der Waals surface area contributed by atoms with Gasteiger partial charge in [0.2, 0.25) is 0 Å². The molecule has 0 saturated heterocycles. The Hall–Kier alpha value is -1.24. The van der Waals surface area contributed by atoms with Crippen molar-refractivity contribution < 1.29 is 4.74 Å². The summed E-state index contributed by atoms with van der Waals surface area (Å²) in [6.45, 7) is 11.0. The van der Waals surface area contributed by atoms with E-state index in [1.807, 2.05) is 6.08 Å². The maximum atomic E-state index is 5.87. The highest BCUT2D eigenvalue weighted by molar-refractivity contribution is 5.45. The monoisotopic (exact) mass is 218 g/mol. The van der Waals surface area contributed by atoms with Crippen LogP contribution in [0.25, 0.3) is 0 Å². The van der Waals surface area contributed by atoms with Crippen LogP contribution in [0, 0.1) is 6.92 Å². The third-order valence-electron chi connectivity index (χ3n) is 2.58. The molecule has 0 N–H and O–H groups in total. The molecular weight excluding hydrogens is 196 g/mol. The Morgan fingerprint density at radius 2 is 1.94 bits per heavy atom. The summed E-state index contributed by atoms with van der Waals surface area (Å²) in [6.07, 6.45) is 4.89. The van der Waals surface area contributed by atoms with E-state index >= 15 is 0 Å². The van der Waals surface area contributed by atoms with Crippen LogP contribution < -0.4 is 4.74 Å². The molecule has 0 amide bonds. The molecule has 0 aliphatic carbocycles. The number of aryl methyl sites for hydroxylation is 2. The quantitative estimate of drug-likeness (QED) is 0.654. The third kappa shape index (κ3) is 3.13. The molecule has 0 radical (unpaired) electrons. The first-order chi connectivity index (χ1) is 7.72. The Balaban J connectivity index is 3.10. The summed E-state index contributed by atoms with van der Waals surface area (Å²) in [5, 5.41) is 0.